The Kier molecular flexibility index (Phi) is 7.03. The number of nitrogens with one attached hydrogen (secondary N) is 1. The molecular weight excluding hydrogens is 272 g/mol. The van der Waals surface area contributed by atoms with E-state index in [-0.39, 0.29) is 24.4 Å². The molecule has 20 heavy (non-hydrogen) atoms. The minimum atomic E-state index is -0.0481. The smallest absolute Gasteiger partial charge is 0.240 e. The number of carbonyl (C=O) groups is 1. The van der Waals surface area contributed by atoms with E-state index in [0.717, 1.165) is 38.9 Å². The van der Waals surface area contributed by atoms with Gasteiger partial charge >= 0.3 is 0 Å². The first kappa shape index (κ1) is 17.0. The molecule has 0 aliphatic carbocycles. The van der Waals surface area contributed by atoms with Crippen molar-refractivity contribution in [1.29, 1.82) is 0 Å². The van der Waals surface area contributed by atoms with Crippen LogP contribution in [0.25, 0.3) is 0 Å². The second-order valence-electron chi connectivity index (χ2n) is 5.23. The van der Waals surface area contributed by atoms with Gasteiger partial charge in [0, 0.05) is 19.6 Å². The number of halogens is 1. The van der Waals surface area contributed by atoms with Gasteiger partial charge in [-0.25, -0.2) is 0 Å². The van der Waals surface area contributed by atoms with Crippen LogP contribution in [0.2, 0.25) is 0 Å². The molecular formula is C16H25ClN2O. The number of hydrogen-bond acceptors (Lipinski definition) is 2. The van der Waals surface area contributed by atoms with Crippen molar-refractivity contribution in [2.45, 2.75) is 45.7 Å². The zero-order chi connectivity index (χ0) is 13.7. The van der Waals surface area contributed by atoms with Gasteiger partial charge in [0.2, 0.25) is 5.91 Å². The first-order valence-electron chi connectivity index (χ1n) is 7.35. The fraction of sp³-hybridized carbons (Fsp3) is 0.562. The highest BCUT2D eigenvalue weighted by atomic mass is 35.5. The van der Waals surface area contributed by atoms with E-state index >= 15 is 0 Å². The van der Waals surface area contributed by atoms with Crippen LogP contribution in [0.4, 0.5) is 0 Å². The Morgan fingerprint density at radius 3 is 2.40 bits per heavy atom. The summed E-state index contributed by atoms with van der Waals surface area (Å²) < 4.78 is 0. The molecule has 0 saturated heterocycles. The van der Waals surface area contributed by atoms with Crippen molar-refractivity contribution in [3.63, 3.8) is 0 Å². The number of carbonyl (C=O) groups excluding carboxylic acids is 1. The molecule has 1 unspecified atom stereocenters. The van der Waals surface area contributed by atoms with Gasteiger partial charge in [0.1, 0.15) is 0 Å². The molecule has 1 aliphatic heterocycles. The Morgan fingerprint density at radius 2 is 1.80 bits per heavy atom. The van der Waals surface area contributed by atoms with Gasteiger partial charge in [-0.1, -0.05) is 38.1 Å². The Balaban J connectivity index is 0.00000200. The summed E-state index contributed by atoms with van der Waals surface area (Å²) in [6.07, 6.45) is 2.86. The summed E-state index contributed by atoms with van der Waals surface area (Å²) in [6.45, 7) is 6.79. The lowest BCUT2D eigenvalue weighted by atomic mass is 9.95. The maximum atomic E-state index is 12.6. The van der Waals surface area contributed by atoms with Gasteiger partial charge in [-0.15, -0.1) is 12.4 Å². The maximum absolute atomic E-state index is 12.6. The topological polar surface area (TPSA) is 32.3 Å². The predicted molar refractivity (Wildman–Crippen MR) is 85.2 cm³/mol. The molecule has 0 saturated carbocycles. The molecule has 112 valence electrons. The van der Waals surface area contributed by atoms with E-state index in [0.29, 0.717) is 0 Å². The molecule has 0 spiro atoms. The highest BCUT2D eigenvalue weighted by Crippen LogP contribution is 2.17. The van der Waals surface area contributed by atoms with Crippen LogP contribution < -0.4 is 5.32 Å². The number of nitrogens with zero attached hydrogens (tertiary/aromatic N) is 1. The van der Waals surface area contributed by atoms with Gasteiger partial charge in [0.25, 0.3) is 0 Å². The quantitative estimate of drug-likeness (QED) is 0.906. The molecule has 0 aromatic heterocycles. The van der Waals surface area contributed by atoms with Crippen molar-refractivity contribution >= 4 is 18.3 Å². The van der Waals surface area contributed by atoms with E-state index in [1.807, 2.05) is 4.90 Å². The van der Waals surface area contributed by atoms with Crippen LogP contribution >= 0.6 is 12.4 Å². The molecule has 2 rings (SSSR count). The minimum Gasteiger partial charge on any atom is -0.341 e. The Labute approximate surface area is 128 Å². The number of rotatable bonds is 5. The highest BCUT2D eigenvalue weighted by Gasteiger charge is 2.27. The third-order valence-electron chi connectivity index (χ3n) is 3.68. The SMILES string of the molecule is CCCN(CCC)C(=O)C1Cc2ccccc2CN1.Cl. The van der Waals surface area contributed by atoms with Crippen molar-refractivity contribution in [3.05, 3.63) is 35.4 Å². The van der Waals surface area contributed by atoms with Crippen molar-refractivity contribution in [2.75, 3.05) is 13.1 Å². The normalized spacial score (nSPS) is 17.0. The summed E-state index contributed by atoms with van der Waals surface area (Å²) in [5.41, 5.74) is 2.64. The Morgan fingerprint density at radius 1 is 1.20 bits per heavy atom. The third kappa shape index (κ3) is 3.97. The van der Waals surface area contributed by atoms with Crippen LogP contribution in [0, 0.1) is 0 Å². The monoisotopic (exact) mass is 296 g/mol. The summed E-state index contributed by atoms with van der Waals surface area (Å²) in [5, 5.41) is 3.38. The zero-order valence-electron chi connectivity index (χ0n) is 12.4. The van der Waals surface area contributed by atoms with E-state index in [4.69, 9.17) is 0 Å². The minimum absolute atomic E-state index is 0. The van der Waals surface area contributed by atoms with Crippen LogP contribution in [-0.4, -0.2) is 29.9 Å². The fourth-order valence-electron chi connectivity index (χ4n) is 2.72. The second kappa shape index (κ2) is 8.28. The number of hydrogen-bond donors (Lipinski definition) is 1. The van der Waals surface area contributed by atoms with Crippen LogP contribution in [0.3, 0.4) is 0 Å². The summed E-state index contributed by atoms with van der Waals surface area (Å²) in [5.74, 6) is 0.262. The highest BCUT2D eigenvalue weighted by molar-refractivity contribution is 5.85. The summed E-state index contributed by atoms with van der Waals surface area (Å²) in [6, 6.07) is 8.34. The summed E-state index contributed by atoms with van der Waals surface area (Å²) in [7, 11) is 0. The first-order valence-corrected chi connectivity index (χ1v) is 7.35. The molecule has 1 aromatic carbocycles. The average Bonchev–Trinajstić information content (AvgIpc) is 2.46. The largest absolute Gasteiger partial charge is 0.341 e. The van der Waals surface area contributed by atoms with Gasteiger partial charge in [-0.05, 0) is 30.4 Å². The third-order valence-corrected chi connectivity index (χ3v) is 3.68. The van der Waals surface area contributed by atoms with Gasteiger partial charge in [0.15, 0.2) is 0 Å². The van der Waals surface area contributed by atoms with Gasteiger partial charge < -0.3 is 10.2 Å². The van der Waals surface area contributed by atoms with E-state index < -0.39 is 0 Å². The molecule has 1 heterocycles. The summed E-state index contributed by atoms with van der Waals surface area (Å²) >= 11 is 0. The molecule has 1 amide bonds. The molecule has 1 N–H and O–H groups in total. The summed E-state index contributed by atoms with van der Waals surface area (Å²) in [4.78, 5) is 14.6. The number of benzene rings is 1. The Hall–Kier alpha value is -1.06. The van der Waals surface area contributed by atoms with E-state index in [2.05, 4.69) is 43.4 Å². The maximum Gasteiger partial charge on any atom is 0.240 e. The number of fused-ring (bicyclic) bond motifs is 1. The molecule has 1 atom stereocenters. The van der Waals surface area contributed by atoms with Crippen LogP contribution in [0.15, 0.2) is 24.3 Å². The van der Waals surface area contributed by atoms with E-state index in [9.17, 15) is 4.79 Å². The van der Waals surface area contributed by atoms with Crippen molar-refractivity contribution in [1.82, 2.24) is 10.2 Å². The van der Waals surface area contributed by atoms with E-state index in [1.54, 1.807) is 0 Å². The molecule has 4 heteroatoms. The van der Waals surface area contributed by atoms with Crippen LogP contribution in [0.1, 0.15) is 37.8 Å². The van der Waals surface area contributed by atoms with Crippen molar-refractivity contribution < 1.29 is 4.79 Å². The Bertz CT molecular complexity index is 430. The lowest BCUT2D eigenvalue weighted by molar-refractivity contribution is -0.133. The predicted octanol–water partition coefficient (Wildman–Crippen LogP) is 2.77. The molecule has 3 nitrogen and oxygen atoms in total. The van der Waals surface area contributed by atoms with E-state index in [1.165, 1.54) is 11.1 Å². The van der Waals surface area contributed by atoms with Gasteiger partial charge in [0.05, 0.1) is 6.04 Å². The van der Waals surface area contributed by atoms with Crippen LogP contribution in [0.5, 0.6) is 0 Å². The number of amides is 1. The first-order chi connectivity index (χ1) is 9.26. The molecule has 1 aliphatic rings. The zero-order valence-corrected chi connectivity index (χ0v) is 13.2. The lowest BCUT2D eigenvalue weighted by Crippen LogP contribution is -2.49. The van der Waals surface area contributed by atoms with Gasteiger partial charge in [-0.2, -0.15) is 0 Å². The lowest BCUT2D eigenvalue weighted by Gasteiger charge is -2.30. The second-order valence-corrected chi connectivity index (χ2v) is 5.23. The standard InChI is InChI=1S/C16H24N2O.ClH/c1-3-9-18(10-4-2)16(19)15-11-13-7-5-6-8-14(13)12-17-15;/h5-8,15,17H,3-4,9-12H2,1-2H3;1H. The van der Waals surface area contributed by atoms with Crippen LogP contribution in [-0.2, 0) is 17.8 Å². The van der Waals surface area contributed by atoms with Crippen molar-refractivity contribution in [3.8, 4) is 0 Å². The molecule has 0 bridgehead atoms. The average molecular weight is 297 g/mol. The van der Waals surface area contributed by atoms with Gasteiger partial charge in [-0.3, -0.25) is 4.79 Å². The molecule has 0 fully saturated rings. The fourth-order valence-corrected chi connectivity index (χ4v) is 2.72. The molecule has 1 aromatic rings. The molecule has 0 radical (unpaired) electrons. The van der Waals surface area contributed by atoms with Crippen molar-refractivity contribution in [2.24, 2.45) is 0 Å².